The zero-order valence-corrected chi connectivity index (χ0v) is 21.2. The zero-order chi connectivity index (χ0) is 26.5. The third kappa shape index (κ3) is 6.13. The van der Waals surface area contributed by atoms with Crippen LogP contribution < -0.4 is 30.2 Å². The van der Waals surface area contributed by atoms with E-state index >= 15 is 0 Å². The Morgan fingerprint density at radius 2 is 1.79 bits per heavy atom. The highest BCUT2D eigenvalue weighted by Crippen LogP contribution is 2.40. The smallest absolute Gasteiger partial charge is 0.313 e. The van der Waals surface area contributed by atoms with E-state index in [4.69, 9.17) is 14.2 Å². The number of halogens is 1. The number of pyridine rings is 1. The van der Waals surface area contributed by atoms with Crippen molar-refractivity contribution in [1.82, 2.24) is 15.6 Å². The molecule has 1 saturated carbocycles. The topological polar surface area (TPSA) is 111 Å². The van der Waals surface area contributed by atoms with Gasteiger partial charge in [-0.05, 0) is 80.9 Å². The van der Waals surface area contributed by atoms with Gasteiger partial charge in [0.2, 0.25) is 0 Å². The average molecular weight is 523 g/mol. The number of rotatable bonds is 9. The molecule has 1 aliphatic carbocycles. The van der Waals surface area contributed by atoms with Crippen LogP contribution in [-0.4, -0.2) is 50.1 Å². The quantitative estimate of drug-likeness (QED) is 0.364. The summed E-state index contributed by atoms with van der Waals surface area (Å²) in [5.41, 5.74) is 0.688. The maximum atomic E-state index is 14.9. The summed E-state index contributed by atoms with van der Waals surface area (Å²) in [7, 11) is 1.56. The van der Waals surface area contributed by atoms with Crippen molar-refractivity contribution >= 4 is 28.4 Å². The number of hydrogen-bond acceptors (Lipinski definition) is 7. The summed E-state index contributed by atoms with van der Waals surface area (Å²) < 4.78 is 32.5. The van der Waals surface area contributed by atoms with Crippen LogP contribution in [-0.2, 0) is 9.59 Å². The first kappa shape index (κ1) is 25.7. The van der Waals surface area contributed by atoms with Crippen LogP contribution in [0.3, 0.4) is 0 Å². The first-order valence-corrected chi connectivity index (χ1v) is 12.9. The number of aromatic nitrogens is 1. The Morgan fingerprint density at radius 3 is 2.53 bits per heavy atom. The molecule has 2 fully saturated rings. The van der Waals surface area contributed by atoms with E-state index in [0.29, 0.717) is 53.1 Å². The maximum absolute atomic E-state index is 14.9. The number of piperidine rings is 1. The Kier molecular flexibility index (Phi) is 7.88. The van der Waals surface area contributed by atoms with Crippen LogP contribution >= 0.6 is 0 Å². The van der Waals surface area contributed by atoms with Gasteiger partial charge < -0.3 is 30.2 Å². The molecular weight excluding hydrogens is 491 g/mol. The van der Waals surface area contributed by atoms with Crippen LogP contribution in [0.5, 0.6) is 23.0 Å². The fourth-order valence-electron chi connectivity index (χ4n) is 4.41. The van der Waals surface area contributed by atoms with Crippen LogP contribution in [0.4, 0.5) is 10.1 Å². The van der Waals surface area contributed by atoms with Gasteiger partial charge in [-0.3, -0.25) is 14.6 Å². The van der Waals surface area contributed by atoms with Crippen LogP contribution in [0.15, 0.2) is 42.6 Å². The molecule has 0 spiro atoms. The molecule has 2 aromatic carbocycles. The van der Waals surface area contributed by atoms with Crippen molar-refractivity contribution in [2.75, 3.05) is 38.7 Å². The molecule has 0 bridgehead atoms. The molecule has 1 saturated heterocycles. The van der Waals surface area contributed by atoms with Crippen molar-refractivity contribution in [3.05, 3.63) is 48.4 Å². The van der Waals surface area contributed by atoms with Crippen molar-refractivity contribution in [1.29, 1.82) is 0 Å². The Balaban J connectivity index is 1.28. The number of carbonyl (C=O) groups excluding carboxylic acids is 2. The van der Waals surface area contributed by atoms with E-state index in [0.717, 1.165) is 44.8 Å². The fraction of sp³-hybridized carbons (Fsp3) is 0.393. The highest BCUT2D eigenvalue weighted by atomic mass is 19.1. The highest BCUT2D eigenvalue weighted by molar-refractivity contribution is 6.39. The van der Waals surface area contributed by atoms with Crippen LogP contribution in [0.25, 0.3) is 10.9 Å². The average Bonchev–Trinajstić information content (AvgIpc) is 3.77. The second-order valence-corrected chi connectivity index (χ2v) is 9.66. The largest absolute Gasteiger partial charge is 0.491 e. The van der Waals surface area contributed by atoms with E-state index in [-0.39, 0.29) is 11.4 Å². The summed E-state index contributed by atoms with van der Waals surface area (Å²) in [5, 5.41) is 8.97. The Morgan fingerprint density at radius 1 is 1.00 bits per heavy atom. The minimum absolute atomic E-state index is 0.0427. The summed E-state index contributed by atoms with van der Waals surface area (Å²) >= 11 is 0. The van der Waals surface area contributed by atoms with Gasteiger partial charge in [0.05, 0.1) is 13.7 Å². The zero-order valence-electron chi connectivity index (χ0n) is 21.2. The minimum Gasteiger partial charge on any atom is -0.491 e. The Bertz CT molecular complexity index is 1320. The lowest BCUT2D eigenvalue weighted by Crippen LogP contribution is -2.36. The molecular formula is C28H31FN4O5. The van der Waals surface area contributed by atoms with E-state index < -0.39 is 17.6 Å². The third-order valence-corrected chi connectivity index (χ3v) is 6.79. The number of amides is 2. The SMILES string of the molecule is COc1c(OCC2CCNCC2)ccc2c(Oc3ccc(NC(=O)C(=O)NCC4CC4)cc3F)ccnc12. The molecule has 3 aromatic rings. The van der Waals surface area contributed by atoms with E-state index in [1.54, 1.807) is 25.4 Å². The number of nitrogens with one attached hydrogen (secondary N) is 3. The molecule has 3 N–H and O–H groups in total. The second kappa shape index (κ2) is 11.6. The van der Waals surface area contributed by atoms with Crippen molar-refractivity contribution in [2.24, 2.45) is 11.8 Å². The summed E-state index contributed by atoms with van der Waals surface area (Å²) in [6, 6.07) is 9.23. The molecule has 5 rings (SSSR count). The van der Waals surface area contributed by atoms with Crippen LogP contribution in [0, 0.1) is 17.7 Å². The molecule has 0 atom stereocenters. The molecule has 0 unspecified atom stereocenters. The molecule has 38 heavy (non-hydrogen) atoms. The van der Waals surface area contributed by atoms with Gasteiger partial charge >= 0.3 is 11.8 Å². The monoisotopic (exact) mass is 522 g/mol. The van der Waals surface area contributed by atoms with E-state index in [1.165, 1.54) is 12.1 Å². The maximum Gasteiger partial charge on any atom is 0.313 e. The summed E-state index contributed by atoms with van der Waals surface area (Å²) in [4.78, 5) is 28.5. The Hall–Kier alpha value is -3.92. The molecule has 2 amide bonds. The molecule has 2 heterocycles. The molecule has 1 aliphatic heterocycles. The summed E-state index contributed by atoms with van der Waals surface area (Å²) in [5.74, 6) is 0.0664. The van der Waals surface area contributed by atoms with Gasteiger partial charge in [0.15, 0.2) is 23.1 Å². The fourth-order valence-corrected chi connectivity index (χ4v) is 4.41. The predicted molar refractivity (Wildman–Crippen MR) is 140 cm³/mol. The first-order chi connectivity index (χ1) is 18.5. The van der Waals surface area contributed by atoms with Crippen molar-refractivity contribution in [3.8, 4) is 23.0 Å². The van der Waals surface area contributed by atoms with E-state index in [1.807, 2.05) is 6.07 Å². The molecule has 1 aromatic heterocycles. The predicted octanol–water partition coefficient (Wildman–Crippen LogP) is 4.02. The summed E-state index contributed by atoms with van der Waals surface area (Å²) in [6.07, 6.45) is 5.80. The van der Waals surface area contributed by atoms with E-state index in [9.17, 15) is 14.0 Å². The van der Waals surface area contributed by atoms with Crippen LogP contribution in [0.1, 0.15) is 25.7 Å². The van der Waals surface area contributed by atoms with Gasteiger partial charge in [0.1, 0.15) is 11.3 Å². The molecule has 9 nitrogen and oxygen atoms in total. The normalized spacial score (nSPS) is 15.6. The van der Waals surface area contributed by atoms with Gasteiger partial charge in [0.25, 0.3) is 0 Å². The highest BCUT2D eigenvalue weighted by Gasteiger charge is 2.24. The number of nitrogens with zero attached hydrogens (tertiary/aromatic N) is 1. The molecule has 10 heteroatoms. The third-order valence-electron chi connectivity index (χ3n) is 6.79. The van der Waals surface area contributed by atoms with Gasteiger partial charge in [-0.15, -0.1) is 0 Å². The lowest BCUT2D eigenvalue weighted by Gasteiger charge is -2.23. The van der Waals surface area contributed by atoms with Crippen molar-refractivity contribution < 1.29 is 28.2 Å². The lowest BCUT2D eigenvalue weighted by molar-refractivity contribution is -0.136. The lowest BCUT2D eigenvalue weighted by atomic mass is 9.99. The van der Waals surface area contributed by atoms with Crippen molar-refractivity contribution in [3.63, 3.8) is 0 Å². The number of hydrogen-bond donors (Lipinski definition) is 3. The molecule has 2 aliphatic rings. The van der Waals surface area contributed by atoms with Gasteiger partial charge in [-0.2, -0.15) is 0 Å². The number of carbonyl (C=O) groups is 2. The Labute approximate surface area is 220 Å². The van der Waals surface area contributed by atoms with Gasteiger partial charge in [0, 0.05) is 29.9 Å². The first-order valence-electron chi connectivity index (χ1n) is 12.9. The van der Waals surface area contributed by atoms with E-state index in [2.05, 4.69) is 20.9 Å². The standard InChI is InChI=1S/C28H31FN4O5/c1-36-26-24(37-16-18-8-11-30-12-9-18)7-5-20-22(10-13-31-25(20)26)38-23-6-4-19(14-21(23)29)33-28(35)27(34)32-15-17-2-3-17/h4-7,10,13-14,17-18,30H,2-3,8-9,11-12,15-16H2,1H3,(H,32,34)(H,33,35). The number of anilines is 1. The minimum atomic E-state index is -0.843. The summed E-state index contributed by atoms with van der Waals surface area (Å²) in [6.45, 7) is 3.05. The van der Waals surface area contributed by atoms with Crippen molar-refractivity contribution in [2.45, 2.75) is 25.7 Å². The van der Waals surface area contributed by atoms with Gasteiger partial charge in [-0.25, -0.2) is 4.39 Å². The molecule has 200 valence electrons. The van der Waals surface area contributed by atoms with Gasteiger partial charge in [-0.1, -0.05) is 0 Å². The number of methoxy groups -OCH3 is 1. The second-order valence-electron chi connectivity index (χ2n) is 9.66. The number of fused-ring (bicyclic) bond motifs is 1. The number of ether oxygens (including phenoxy) is 3. The van der Waals surface area contributed by atoms with Crippen LogP contribution in [0.2, 0.25) is 0 Å². The molecule has 0 radical (unpaired) electrons. The number of benzene rings is 2.